The van der Waals surface area contributed by atoms with Gasteiger partial charge in [-0.15, -0.1) is 0 Å². The van der Waals surface area contributed by atoms with Crippen molar-refractivity contribution in [3.8, 4) is 44.5 Å². The average molecular weight is 639 g/mol. The number of ether oxygens (including phenoxy) is 2. The molecule has 2 atom stereocenters. The number of nitrogens with zero attached hydrogens (tertiary/aromatic N) is 2. The van der Waals surface area contributed by atoms with Crippen molar-refractivity contribution in [3.63, 3.8) is 0 Å². The van der Waals surface area contributed by atoms with Crippen LogP contribution in [0.3, 0.4) is 0 Å². The lowest BCUT2D eigenvalue weighted by atomic mass is 9.92. The Hall–Kier alpha value is -5.74. The summed E-state index contributed by atoms with van der Waals surface area (Å²) >= 11 is 0. The summed E-state index contributed by atoms with van der Waals surface area (Å²) in [7, 11) is 0. The Balaban J connectivity index is 1.11. The van der Waals surface area contributed by atoms with E-state index in [4.69, 9.17) is 19.5 Å². The topological polar surface area (TPSA) is 43.2 Å². The van der Waals surface area contributed by atoms with Crippen LogP contribution in [0.15, 0.2) is 168 Å². The molecule has 6 aromatic carbocycles. The Labute approximate surface area is 288 Å². The van der Waals surface area contributed by atoms with Crippen LogP contribution in [0.1, 0.15) is 37.1 Å². The minimum atomic E-state index is -0.623. The summed E-state index contributed by atoms with van der Waals surface area (Å²) in [5.41, 5.74) is 11.0. The fourth-order valence-electron chi connectivity index (χ4n) is 6.74. The number of rotatable bonds is 8. The van der Waals surface area contributed by atoms with E-state index in [0.717, 1.165) is 11.1 Å². The molecule has 0 aromatic heterocycles. The van der Waals surface area contributed by atoms with Crippen molar-refractivity contribution in [3.05, 3.63) is 169 Å². The van der Waals surface area contributed by atoms with E-state index < -0.39 is 5.41 Å². The molecule has 2 heterocycles. The molecule has 2 aliphatic heterocycles. The van der Waals surface area contributed by atoms with Crippen molar-refractivity contribution >= 4 is 11.8 Å². The monoisotopic (exact) mass is 638 g/mol. The summed E-state index contributed by atoms with van der Waals surface area (Å²) in [5, 5.41) is 0. The number of hydrogen-bond donors (Lipinski definition) is 0. The highest BCUT2D eigenvalue weighted by atomic mass is 16.5. The van der Waals surface area contributed by atoms with Crippen molar-refractivity contribution in [1.82, 2.24) is 0 Å². The lowest BCUT2D eigenvalue weighted by Gasteiger charge is -2.22. The van der Waals surface area contributed by atoms with Gasteiger partial charge in [-0.2, -0.15) is 0 Å². The zero-order chi connectivity index (χ0) is 33.2. The third-order valence-corrected chi connectivity index (χ3v) is 9.48. The van der Waals surface area contributed by atoms with E-state index in [1.54, 1.807) is 0 Å². The SMILES string of the molecule is CC(C)(C1=N[C@H](c2cc(-c3ccccc3)cc(-c3ccccc3)c2)CO1)C1=N[C@H](c2cc(-c3ccccc3)cc(-c3ccccc3)c2)CO1. The van der Waals surface area contributed by atoms with Gasteiger partial charge in [0.05, 0.1) is 0 Å². The third kappa shape index (κ3) is 6.30. The second-order valence-corrected chi connectivity index (χ2v) is 13.3. The second-order valence-electron chi connectivity index (χ2n) is 13.3. The van der Waals surface area contributed by atoms with Crippen LogP contribution in [0, 0.1) is 5.41 Å². The smallest absolute Gasteiger partial charge is 0.199 e. The molecule has 4 nitrogen and oxygen atoms in total. The molecule has 2 aliphatic rings. The first-order chi connectivity index (χ1) is 24.0. The Bertz CT molecular complexity index is 1870. The fraction of sp³-hybridized carbons (Fsp3) is 0.156. The summed E-state index contributed by atoms with van der Waals surface area (Å²) in [5.74, 6) is 1.32. The first kappa shape index (κ1) is 30.6. The van der Waals surface area contributed by atoms with Gasteiger partial charge in [0.25, 0.3) is 0 Å². The van der Waals surface area contributed by atoms with Gasteiger partial charge in [0.1, 0.15) is 30.7 Å². The molecule has 0 spiro atoms. The predicted octanol–water partition coefficient (Wildman–Crippen LogP) is 11.0. The summed E-state index contributed by atoms with van der Waals surface area (Å²) in [6, 6.07) is 55.3. The van der Waals surface area contributed by atoms with E-state index in [1.807, 2.05) is 0 Å². The Morgan fingerprint density at radius 1 is 0.408 bits per heavy atom. The molecule has 240 valence electrons. The molecular weight excluding hydrogens is 601 g/mol. The first-order valence-corrected chi connectivity index (χ1v) is 16.9. The molecule has 4 heteroatoms. The van der Waals surface area contributed by atoms with Crippen LogP contribution in [0.25, 0.3) is 44.5 Å². The highest BCUT2D eigenvalue weighted by Crippen LogP contribution is 2.39. The van der Waals surface area contributed by atoms with Crippen LogP contribution in [-0.2, 0) is 9.47 Å². The predicted molar refractivity (Wildman–Crippen MR) is 201 cm³/mol. The molecule has 0 amide bonds. The van der Waals surface area contributed by atoms with Gasteiger partial charge in [-0.05, 0) is 106 Å². The quantitative estimate of drug-likeness (QED) is 0.166. The lowest BCUT2D eigenvalue weighted by Crippen LogP contribution is -2.34. The molecule has 49 heavy (non-hydrogen) atoms. The molecule has 6 aromatic rings. The maximum atomic E-state index is 6.37. The number of aliphatic imine (C=N–C) groups is 2. The summed E-state index contributed by atoms with van der Waals surface area (Å²) in [6.45, 7) is 5.14. The minimum Gasteiger partial charge on any atom is -0.478 e. The molecular formula is C45H38N2O2. The van der Waals surface area contributed by atoms with Gasteiger partial charge < -0.3 is 9.47 Å². The van der Waals surface area contributed by atoms with E-state index in [9.17, 15) is 0 Å². The summed E-state index contributed by atoms with van der Waals surface area (Å²) < 4.78 is 12.7. The van der Waals surface area contributed by atoms with Crippen LogP contribution >= 0.6 is 0 Å². The molecule has 0 N–H and O–H groups in total. The van der Waals surface area contributed by atoms with Crippen molar-refractivity contribution in [2.24, 2.45) is 15.4 Å². The van der Waals surface area contributed by atoms with Gasteiger partial charge in [0, 0.05) is 0 Å². The molecule has 0 bridgehead atoms. The minimum absolute atomic E-state index is 0.130. The van der Waals surface area contributed by atoms with Crippen molar-refractivity contribution in [2.45, 2.75) is 25.9 Å². The first-order valence-electron chi connectivity index (χ1n) is 16.9. The molecule has 0 radical (unpaired) electrons. The fourth-order valence-corrected chi connectivity index (χ4v) is 6.74. The lowest BCUT2D eigenvalue weighted by molar-refractivity contribution is 0.265. The van der Waals surface area contributed by atoms with Gasteiger partial charge >= 0.3 is 0 Å². The van der Waals surface area contributed by atoms with Gasteiger partial charge in [-0.1, -0.05) is 121 Å². The largest absolute Gasteiger partial charge is 0.478 e. The number of hydrogen-bond acceptors (Lipinski definition) is 4. The summed E-state index contributed by atoms with van der Waals surface area (Å²) in [4.78, 5) is 10.4. The van der Waals surface area contributed by atoms with Crippen LogP contribution in [0.4, 0.5) is 0 Å². The normalized spacial score (nSPS) is 17.2. The van der Waals surface area contributed by atoms with E-state index >= 15 is 0 Å². The standard InChI is InChI=1S/C45H38N2O2/c1-45(2,43-46-41(29-48-43)39-25-35(31-15-7-3-8-16-31)23-36(26-39)32-17-9-4-10-18-32)44-47-42(30-49-44)40-27-37(33-19-11-5-12-20-33)24-38(28-40)34-21-13-6-14-22-34/h3-28,41-42H,29-30H2,1-2H3/t41-,42-/m0/s1. The van der Waals surface area contributed by atoms with Crippen LogP contribution in [0.5, 0.6) is 0 Å². The zero-order valence-electron chi connectivity index (χ0n) is 27.8. The average Bonchev–Trinajstić information content (AvgIpc) is 3.89. The van der Waals surface area contributed by atoms with Crippen LogP contribution < -0.4 is 0 Å². The molecule has 0 fully saturated rings. The van der Waals surface area contributed by atoms with Crippen molar-refractivity contribution < 1.29 is 9.47 Å². The molecule has 8 rings (SSSR count). The Kier molecular flexibility index (Phi) is 8.14. The van der Waals surface area contributed by atoms with E-state index in [-0.39, 0.29) is 12.1 Å². The van der Waals surface area contributed by atoms with Crippen molar-refractivity contribution in [1.29, 1.82) is 0 Å². The maximum Gasteiger partial charge on any atom is 0.199 e. The zero-order valence-corrected chi connectivity index (χ0v) is 27.8. The Morgan fingerprint density at radius 2 is 0.694 bits per heavy atom. The van der Waals surface area contributed by atoms with E-state index in [0.29, 0.717) is 25.0 Å². The van der Waals surface area contributed by atoms with Crippen LogP contribution in [-0.4, -0.2) is 25.0 Å². The van der Waals surface area contributed by atoms with Crippen LogP contribution in [0.2, 0.25) is 0 Å². The third-order valence-electron chi connectivity index (χ3n) is 9.48. The van der Waals surface area contributed by atoms with Gasteiger partial charge in [0.2, 0.25) is 0 Å². The highest BCUT2D eigenvalue weighted by Gasteiger charge is 2.42. The summed E-state index contributed by atoms with van der Waals surface area (Å²) in [6.07, 6.45) is 0. The van der Waals surface area contributed by atoms with Gasteiger partial charge in [-0.25, -0.2) is 9.98 Å². The Morgan fingerprint density at radius 3 is 0.980 bits per heavy atom. The second kappa shape index (κ2) is 13.0. The highest BCUT2D eigenvalue weighted by molar-refractivity contribution is 6.05. The van der Waals surface area contributed by atoms with E-state index in [2.05, 4.69) is 172 Å². The molecule has 0 aliphatic carbocycles. The molecule has 0 saturated heterocycles. The molecule has 0 unspecified atom stereocenters. The molecule has 0 saturated carbocycles. The van der Waals surface area contributed by atoms with Gasteiger partial charge in [0.15, 0.2) is 11.8 Å². The maximum absolute atomic E-state index is 6.37. The number of benzene rings is 6. The van der Waals surface area contributed by atoms with E-state index in [1.165, 1.54) is 44.5 Å². The van der Waals surface area contributed by atoms with Gasteiger partial charge in [-0.3, -0.25) is 0 Å². The van der Waals surface area contributed by atoms with Crippen molar-refractivity contribution in [2.75, 3.05) is 13.2 Å².